The molecular weight excluding hydrogens is 416 g/mol. The number of aryl methyl sites for hydroxylation is 2. The number of hydrogen-bond donors (Lipinski definition) is 2. The van der Waals surface area contributed by atoms with Crippen LogP contribution in [-0.2, 0) is 26.1 Å². The van der Waals surface area contributed by atoms with E-state index in [0.717, 1.165) is 18.8 Å². The van der Waals surface area contributed by atoms with Gasteiger partial charge in [-0.1, -0.05) is 30.3 Å². The Balaban J connectivity index is 1.57. The molecule has 0 atom stereocenters. The number of nitrogens with zero attached hydrogens (tertiary/aromatic N) is 3. The first-order chi connectivity index (χ1) is 15.6. The van der Waals surface area contributed by atoms with Crippen LogP contribution in [0.5, 0.6) is 11.5 Å². The lowest BCUT2D eigenvalue weighted by molar-refractivity contribution is -0.0505. The molecule has 0 saturated heterocycles. The van der Waals surface area contributed by atoms with Crippen LogP contribution in [0.3, 0.4) is 0 Å². The van der Waals surface area contributed by atoms with E-state index in [1.807, 2.05) is 24.4 Å². The fraction of sp³-hybridized carbons (Fsp3) is 0.304. The molecule has 2 N–H and O–H groups in total. The molecule has 3 aromatic rings. The van der Waals surface area contributed by atoms with Crippen molar-refractivity contribution in [1.29, 1.82) is 0 Å². The summed E-state index contributed by atoms with van der Waals surface area (Å²) in [7, 11) is 3.15. The van der Waals surface area contributed by atoms with E-state index in [2.05, 4.69) is 42.0 Å². The van der Waals surface area contributed by atoms with Gasteiger partial charge in [0.15, 0.2) is 5.96 Å². The normalized spacial score (nSPS) is 11.5. The zero-order valence-corrected chi connectivity index (χ0v) is 18.1. The maximum absolute atomic E-state index is 12.7. The summed E-state index contributed by atoms with van der Waals surface area (Å²) >= 11 is 0. The number of alkyl halides is 2. The van der Waals surface area contributed by atoms with E-state index in [9.17, 15) is 8.78 Å². The van der Waals surface area contributed by atoms with E-state index in [0.29, 0.717) is 23.8 Å². The van der Waals surface area contributed by atoms with Crippen molar-refractivity contribution in [3.05, 3.63) is 77.9 Å². The predicted octanol–water partition coefficient (Wildman–Crippen LogP) is 3.60. The van der Waals surface area contributed by atoms with Gasteiger partial charge in [0, 0.05) is 38.1 Å². The molecule has 32 heavy (non-hydrogen) atoms. The van der Waals surface area contributed by atoms with E-state index in [1.54, 1.807) is 25.4 Å². The highest BCUT2D eigenvalue weighted by Gasteiger charge is 2.12. The van der Waals surface area contributed by atoms with Gasteiger partial charge in [-0.15, -0.1) is 0 Å². The van der Waals surface area contributed by atoms with Gasteiger partial charge in [0.05, 0.1) is 13.7 Å². The molecule has 1 heterocycles. The Morgan fingerprint density at radius 3 is 2.62 bits per heavy atom. The van der Waals surface area contributed by atoms with Crippen molar-refractivity contribution in [2.45, 2.75) is 32.7 Å². The first-order valence-electron chi connectivity index (χ1n) is 10.2. The fourth-order valence-electron chi connectivity index (χ4n) is 3.20. The quantitative estimate of drug-likeness (QED) is 0.370. The van der Waals surface area contributed by atoms with Crippen molar-refractivity contribution >= 4 is 5.96 Å². The summed E-state index contributed by atoms with van der Waals surface area (Å²) < 4.78 is 37.3. The number of methoxy groups -OCH3 is 1. The van der Waals surface area contributed by atoms with Gasteiger partial charge in [-0.2, -0.15) is 8.78 Å². The molecule has 0 saturated carbocycles. The number of rotatable bonds is 10. The molecular formula is C23H27F2N5O2. The van der Waals surface area contributed by atoms with Gasteiger partial charge in [0.1, 0.15) is 17.3 Å². The van der Waals surface area contributed by atoms with Crippen LogP contribution in [0.4, 0.5) is 8.78 Å². The Morgan fingerprint density at radius 2 is 1.91 bits per heavy atom. The van der Waals surface area contributed by atoms with E-state index in [1.165, 1.54) is 18.7 Å². The second-order valence-electron chi connectivity index (χ2n) is 6.90. The first kappa shape index (κ1) is 23.1. The monoisotopic (exact) mass is 443 g/mol. The second kappa shape index (κ2) is 11.7. The molecule has 0 aliphatic rings. The topological polar surface area (TPSA) is 72.7 Å². The first-order valence-corrected chi connectivity index (χ1v) is 10.2. The Morgan fingerprint density at radius 1 is 1.12 bits per heavy atom. The highest BCUT2D eigenvalue weighted by molar-refractivity contribution is 5.79. The third-order valence-corrected chi connectivity index (χ3v) is 4.85. The van der Waals surface area contributed by atoms with Crippen LogP contribution < -0.4 is 20.1 Å². The number of nitrogens with one attached hydrogen (secondary N) is 2. The number of guanidine groups is 1. The van der Waals surface area contributed by atoms with Gasteiger partial charge >= 0.3 is 6.61 Å². The molecule has 2 aromatic carbocycles. The summed E-state index contributed by atoms with van der Waals surface area (Å²) in [4.78, 5) is 8.62. The molecule has 0 aliphatic heterocycles. The number of aliphatic imine (C=N–C) groups is 1. The lowest BCUT2D eigenvalue weighted by Gasteiger charge is -2.16. The zero-order valence-electron chi connectivity index (χ0n) is 18.1. The Labute approximate surface area is 186 Å². The van der Waals surface area contributed by atoms with Crippen LogP contribution in [0, 0.1) is 0 Å². The van der Waals surface area contributed by atoms with Gasteiger partial charge in [0.2, 0.25) is 0 Å². The van der Waals surface area contributed by atoms with Crippen LogP contribution in [0.25, 0.3) is 0 Å². The number of imidazole rings is 1. The van der Waals surface area contributed by atoms with Crippen molar-refractivity contribution in [2.24, 2.45) is 4.99 Å². The molecule has 0 spiro atoms. The summed E-state index contributed by atoms with van der Waals surface area (Å²) in [5.41, 5.74) is 1.79. The van der Waals surface area contributed by atoms with Gasteiger partial charge in [-0.05, 0) is 30.2 Å². The predicted molar refractivity (Wildman–Crippen MR) is 119 cm³/mol. The van der Waals surface area contributed by atoms with Crippen molar-refractivity contribution in [1.82, 2.24) is 20.2 Å². The Bertz CT molecular complexity index is 1010. The van der Waals surface area contributed by atoms with E-state index in [-0.39, 0.29) is 12.3 Å². The molecule has 9 heteroatoms. The van der Waals surface area contributed by atoms with Crippen LogP contribution >= 0.6 is 0 Å². The van der Waals surface area contributed by atoms with Crippen LogP contribution in [-0.4, -0.2) is 36.3 Å². The van der Waals surface area contributed by atoms with Crippen LogP contribution in [0.15, 0.2) is 65.9 Å². The molecule has 0 fully saturated rings. The lowest BCUT2D eigenvalue weighted by atomic mass is 10.1. The maximum Gasteiger partial charge on any atom is 0.387 e. The van der Waals surface area contributed by atoms with E-state index >= 15 is 0 Å². The standard InChI is InChI=1S/C23H27F2N5O2/c1-26-23(28-15-18-14-19(31-2)8-9-20(18)32-22(24)25)29-16-21-27-11-13-30(21)12-10-17-6-4-3-5-7-17/h3-9,11,13-14,22H,10,12,15-16H2,1-2H3,(H2,26,28,29). The van der Waals surface area contributed by atoms with Crippen LogP contribution in [0.2, 0.25) is 0 Å². The Kier molecular flexibility index (Phi) is 8.42. The van der Waals surface area contributed by atoms with Gasteiger partial charge in [-0.3, -0.25) is 4.99 Å². The van der Waals surface area contributed by atoms with Gasteiger partial charge in [0.25, 0.3) is 0 Å². The van der Waals surface area contributed by atoms with E-state index in [4.69, 9.17) is 4.74 Å². The average molecular weight is 443 g/mol. The van der Waals surface area contributed by atoms with Crippen molar-refractivity contribution in [3.8, 4) is 11.5 Å². The third kappa shape index (κ3) is 6.69. The molecule has 0 aliphatic carbocycles. The smallest absolute Gasteiger partial charge is 0.387 e. The van der Waals surface area contributed by atoms with Crippen LogP contribution in [0.1, 0.15) is 17.0 Å². The molecule has 0 radical (unpaired) electrons. The lowest BCUT2D eigenvalue weighted by Crippen LogP contribution is -2.37. The van der Waals surface area contributed by atoms with Gasteiger partial charge in [-0.25, -0.2) is 4.98 Å². The number of aromatic nitrogens is 2. The minimum absolute atomic E-state index is 0.0835. The molecule has 0 bridgehead atoms. The summed E-state index contributed by atoms with van der Waals surface area (Å²) in [6.07, 6.45) is 4.61. The third-order valence-electron chi connectivity index (χ3n) is 4.85. The zero-order chi connectivity index (χ0) is 22.8. The summed E-state index contributed by atoms with van der Waals surface area (Å²) in [5.74, 6) is 2.01. The van der Waals surface area contributed by atoms with E-state index < -0.39 is 6.61 Å². The highest BCUT2D eigenvalue weighted by Crippen LogP contribution is 2.25. The molecule has 3 rings (SSSR count). The number of hydrogen-bond acceptors (Lipinski definition) is 4. The fourth-order valence-corrected chi connectivity index (χ4v) is 3.20. The molecule has 170 valence electrons. The molecule has 7 nitrogen and oxygen atoms in total. The molecule has 0 amide bonds. The molecule has 1 aromatic heterocycles. The molecule has 0 unspecified atom stereocenters. The average Bonchev–Trinajstić information content (AvgIpc) is 3.26. The second-order valence-corrected chi connectivity index (χ2v) is 6.90. The van der Waals surface area contributed by atoms with Crippen molar-refractivity contribution in [2.75, 3.05) is 14.2 Å². The highest BCUT2D eigenvalue weighted by atomic mass is 19.3. The van der Waals surface area contributed by atoms with Crippen molar-refractivity contribution < 1.29 is 18.3 Å². The summed E-state index contributed by atoms with van der Waals surface area (Å²) in [5, 5.41) is 6.32. The SMILES string of the molecule is CN=C(NCc1cc(OC)ccc1OC(F)F)NCc1nccn1CCc1ccccc1. The minimum atomic E-state index is -2.91. The van der Waals surface area contributed by atoms with Crippen molar-refractivity contribution in [3.63, 3.8) is 0 Å². The summed E-state index contributed by atoms with van der Waals surface area (Å²) in [6, 6.07) is 14.9. The maximum atomic E-state index is 12.7. The van der Waals surface area contributed by atoms with Gasteiger partial charge < -0.3 is 24.7 Å². The minimum Gasteiger partial charge on any atom is -0.497 e. The summed E-state index contributed by atoms with van der Waals surface area (Å²) in [6.45, 7) is -1.42. The largest absolute Gasteiger partial charge is 0.497 e. The number of halogens is 2. The number of ether oxygens (including phenoxy) is 2. The Hall–Kier alpha value is -3.62. The number of benzene rings is 2.